The Labute approximate surface area is 79.3 Å². The average Bonchev–Trinajstić information content (AvgIpc) is 2.13. The Morgan fingerprint density at radius 3 is 2.85 bits per heavy atom. The van der Waals surface area contributed by atoms with Crippen molar-refractivity contribution in [3.8, 4) is 6.07 Å². The maximum atomic E-state index is 11.0. The minimum absolute atomic E-state index is 0.0358. The van der Waals surface area contributed by atoms with E-state index >= 15 is 0 Å². The van der Waals surface area contributed by atoms with Crippen molar-refractivity contribution in [3.63, 3.8) is 0 Å². The number of rotatable bonds is 7. The molecule has 0 unspecified atom stereocenters. The van der Waals surface area contributed by atoms with Gasteiger partial charge >= 0.3 is 0 Å². The number of unbranched alkanes of at least 4 members (excludes halogenated alkanes) is 1. The van der Waals surface area contributed by atoms with E-state index in [-0.39, 0.29) is 5.91 Å². The Bertz CT molecular complexity index is 174. The van der Waals surface area contributed by atoms with E-state index in [0.29, 0.717) is 19.5 Å². The summed E-state index contributed by atoms with van der Waals surface area (Å²) >= 11 is 0. The molecule has 0 aromatic carbocycles. The molecule has 0 aliphatic rings. The molecule has 4 nitrogen and oxygen atoms in total. The summed E-state index contributed by atoms with van der Waals surface area (Å²) in [6.07, 6.45) is 2.59. The Morgan fingerprint density at radius 2 is 2.23 bits per heavy atom. The molecule has 0 aliphatic heterocycles. The minimum atomic E-state index is -0.0358. The summed E-state index contributed by atoms with van der Waals surface area (Å²) < 4.78 is 0. The monoisotopic (exact) mass is 183 g/mol. The number of hydrogen-bond acceptors (Lipinski definition) is 3. The molecule has 0 heterocycles. The van der Waals surface area contributed by atoms with E-state index in [0.717, 1.165) is 19.4 Å². The van der Waals surface area contributed by atoms with Crippen molar-refractivity contribution in [2.45, 2.75) is 26.2 Å². The van der Waals surface area contributed by atoms with E-state index in [1.54, 1.807) is 0 Å². The second kappa shape index (κ2) is 9.01. The van der Waals surface area contributed by atoms with Crippen LogP contribution in [0.4, 0.5) is 0 Å². The standard InChI is InChI=1S/C9H17N3O/c1-2-3-6-11-8-9(13)12-7-4-5-10/h11H,2-4,6-8H2,1H3,(H,12,13). The van der Waals surface area contributed by atoms with Crippen LogP contribution in [-0.2, 0) is 4.79 Å². The number of nitrogens with zero attached hydrogens (tertiary/aromatic N) is 1. The van der Waals surface area contributed by atoms with Gasteiger partial charge in [0, 0.05) is 6.54 Å². The topological polar surface area (TPSA) is 64.9 Å². The SMILES string of the molecule is CCCCNCC(=O)NCCC#N. The molecule has 0 saturated heterocycles. The van der Waals surface area contributed by atoms with Crippen LogP contribution in [0.15, 0.2) is 0 Å². The molecule has 74 valence electrons. The summed E-state index contributed by atoms with van der Waals surface area (Å²) in [6, 6.07) is 1.96. The number of nitrogens with one attached hydrogen (secondary N) is 2. The lowest BCUT2D eigenvalue weighted by molar-refractivity contribution is -0.120. The lowest BCUT2D eigenvalue weighted by atomic mass is 10.3. The van der Waals surface area contributed by atoms with Crippen LogP contribution in [0.5, 0.6) is 0 Å². The molecule has 0 fully saturated rings. The maximum Gasteiger partial charge on any atom is 0.233 e. The highest BCUT2D eigenvalue weighted by molar-refractivity contribution is 5.77. The number of nitriles is 1. The smallest absolute Gasteiger partial charge is 0.233 e. The highest BCUT2D eigenvalue weighted by Gasteiger charge is 1.97. The van der Waals surface area contributed by atoms with E-state index in [1.807, 2.05) is 6.07 Å². The van der Waals surface area contributed by atoms with Gasteiger partial charge in [0.25, 0.3) is 0 Å². The Hall–Kier alpha value is -1.08. The van der Waals surface area contributed by atoms with Crippen molar-refractivity contribution in [3.05, 3.63) is 0 Å². The molecule has 0 saturated carbocycles. The zero-order chi connectivity index (χ0) is 9.94. The first-order valence-electron chi connectivity index (χ1n) is 4.65. The van der Waals surface area contributed by atoms with Crippen LogP contribution >= 0.6 is 0 Å². The van der Waals surface area contributed by atoms with Gasteiger partial charge in [0.1, 0.15) is 0 Å². The first-order chi connectivity index (χ1) is 6.31. The van der Waals surface area contributed by atoms with Gasteiger partial charge in [-0.2, -0.15) is 5.26 Å². The van der Waals surface area contributed by atoms with Crippen LogP contribution in [0.1, 0.15) is 26.2 Å². The molecule has 0 radical (unpaired) electrons. The van der Waals surface area contributed by atoms with Gasteiger partial charge in [-0.3, -0.25) is 4.79 Å². The lowest BCUT2D eigenvalue weighted by Gasteiger charge is -2.03. The van der Waals surface area contributed by atoms with Crippen LogP contribution < -0.4 is 10.6 Å². The van der Waals surface area contributed by atoms with E-state index in [1.165, 1.54) is 0 Å². The Morgan fingerprint density at radius 1 is 1.46 bits per heavy atom. The molecule has 4 heteroatoms. The first-order valence-corrected chi connectivity index (χ1v) is 4.65. The molecule has 1 amide bonds. The van der Waals surface area contributed by atoms with Crippen LogP contribution in [0, 0.1) is 11.3 Å². The summed E-state index contributed by atoms with van der Waals surface area (Å²) in [4.78, 5) is 11.0. The van der Waals surface area contributed by atoms with Crippen molar-refractivity contribution in [1.82, 2.24) is 10.6 Å². The third kappa shape index (κ3) is 8.83. The normalized spacial score (nSPS) is 9.23. The second-order valence-corrected chi connectivity index (χ2v) is 2.79. The molecule has 0 aromatic heterocycles. The fourth-order valence-electron chi connectivity index (χ4n) is 0.824. The number of carbonyl (C=O) groups is 1. The summed E-state index contributed by atoms with van der Waals surface area (Å²) in [5, 5.41) is 13.9. The number of amides is 1. The first kappa shape index (κ1) is 11.9. The van der Waals surface area contributed by atoms with Gasteiger partial charge < -0.3 is 10.6 Å². The van der Waals surface area contributed by atoms with Crippen molar-refractivity contribution < 1.29 is 4.79 Å². The molecule has 0 bridgehead atoms. The molecule has 0 aromatic rings. The fourth-order valence-corrected chi connectivity index (χ4v) is 0.824. The molecule has 0 rings (SSSR count). The third-order valence-corrected chi connectivity index (χ3v) is 1.55. The summed E-state index contributed by atoms with van der Waals surface area (Å²) in [5.41, 5.74) is 0. The van der Waals surface area contributed by atoms with E-state index in [4.69, 9.17) is 5.26 Å². The zero-order valence-corrected chi connectivity index (χ0v) is 8.10. The van der Waals surface area contributed by atoms with Gasteiger partial charge in [0.2, 0.25) is 5.91 Å². The summed E-state index contributed by atoms with van der Waals surface area (Å²) in [6.45, 7) is 3.78. The molecular formula is C9H17N3O. The van der Waals surface area contributed by atoms with Crippen molar-refractivity contribution in [2.24, 2.45) is 0 Å². The Balaban J connectivity index is 3.16. The van der Waals surface area contributed by atoms with Gasteiger partial charge in [-0.25, -0.2) is 0 Å². The molecular weight excluding hydrogens is 166 g/mol. The van der Waals surface area contributed by atoms with Crippen LogP contribution in [0.25, 0.3) is 0 Å². The fraction of sp³-hybridized carbons (Fsp3) is 0.778. The number of carbonyl (C=O) groups excluding carboxylic acids is 1. The zero-order valence-electron chi connectivity index (χ0n) is 8.10. The predicted octanol–water partition coefficient (Wildman–Crippen LogP) is 0.406. The minimum Gasteiger partial charge on any atom is -0.354 e. The van der Waals surface area contributed by atoms with Gasteiger partial charge in [0.15, 0.2) is 0 Å². The highest BCUT2D eigenvalue weighted by atomic mass is 16.1. The van der Waals surface area contributed by atoms with E-state index < -0.39 is 0 Å². The highest BCUT2D eigenvalue weighted by Crippen LogP contribution is 1.81. The van der Waals surface area contributed by atoms with Gasteiger partial charge in [-0.05, 0) is 13.0 Å². The maximum absolute atomic E-state index is 11.0. The molecule has 0 aliphatic carbocycles. The number of hydrogen-bond donors (Lipinski definition) is 2. The van der Waals surface area contributed by atoms with Crippen molar-refractivity contribution in [2.75, 3.05) is 19.6 Å². The van der Waals surface area contributed by atoms with Crippen LogP contribution in [0.2, 0.25) is 0 Å². The molecule has 0 atom stereocenters. The predicted molar refractivity (Wildman–Crippen MR) is 51.0 cm³/mol. The largest absolute Gasteiger partial charge is 0.354 e. The third-order valence-electron chi connectivity index (χ3n) is 1.55. The van der Waals surface area contributed by atoms with E-state index in [9.17, 15) is 4.79 Å². The Kier molecular flexibility index (Phi) is 8.26. The summed E-state index contributed by atoms with van der Waals surface area (Å²) in [7, 11) is 0. The average molecular weight is 183 g/mol. The van der Waals surface area contributed by atoms with Gasteiger partial charge in [0.05, 0.1) is 19.0 Å². The lowest BCUT2D eigenvalue weighted by Crippen LogP contribution is -2.34. The second-order valence-electron chi connectivity index (χ2n) is 2.79. The van der Waals surface area contributed by atoms with Crippen molar-refractivity contribution >= 4 is 5.91 Å². The quantitative estimate of drug-likeness (QED) is 0.562. The van der Waals surface area contributed by atoms with Crippen LogP contribution in [0.3, 0.4) is 0 Å². The molecule has 2 N–H and O–H groups in total. The molecule has 0 spiro atoms. The van der Waals surface area contributed by atoms with Gasteiger partial charge in [-0.1, -0.05) is 13.3 Å². The summed E-state index contributed by atoms with van der Waals surface area (Å²) in [5.74, 6) is -0.0358. The van der Waals surface area contributed by atoms with Gasteiger partial charge in [-0.15, -0.1) is 0 Å². The van der Waals surface area contributed by atoms with Crippen LogP contribution in [-0.4, -0.2) is 25.5 Å². The van der Waals surface area contributed by atoms with Crippen molar-refractivity contribution in [1.29, 1.82) is 5.26 Å². The van der Waals surface area contributed by atoms with E-state index in [2.05, 4.69) is 17.6 Å². The molecule has 13 heavy (non-hydrogen) atoms.